The van der Waals surface area contributed by atoms with E-state index in [1.54, 1.807) is 6.92 Å². The monoisotopic (exact) mass is 411 g/mol. The molecule has 1 unspecified atom stereocenters. The van der Waals surface area contributed by atoms with Gasteiger partial charge in [0.05, 0.1) is 30.4 Å². The predicted molar refractivity (Wildman–Crippen MR) is 109 cm³/mol. The molecule has 9 nitrogen and oxygen atoms in total. The van der Waals surface area contributed by atoms with Crippen molar-refractivity contribution in [2.75, 3.05) is 14.2 Å². The number of nitro benzene ring substituents is 1. The first-order valence-electron chi connectivity index (χ1n) is 9.25. The average Bonchev–Trinajstić information content (AvgIpc) is 2.77. The van der Waals surface area contributed by atoms with E-state index in [9.17, 15) is 19.7 Å². The molecule has 0 saturated carbocycles. The van der Waals surface area contributed by atoms with E-state index in [0.29, 0.717) is 5.70 Å². The highest BCUT2D eigenvalue weighted by atomic mass is 16.6. The molecule has 0 radical (unpaired) electrons. The second-order valence-corrected chi connectivity index (χ2v) is 6.65. The number of rotatable bonds is 4. The number of carbonyl (C=O) groups excluding carboxylic acids is 2. The summed E-state index contributed by atoms with van der Waals surface area (Å²) in [7, 11) is 2.65. The fourth-order valence-electron chi connectivity index (χ4n) is 3.43. The van der Waals surface area contributed by atoms with Gasteiger partial charge in [-0.25, -0.2) is 14.7 Å². The summed E-state index contributed by atoms with van der Waals surface area (Å²) in [6.45, 7) is 1.65. The number of nitrogens with zero attached hydrogens (tertiary/aromatic N) is 3. The minimum absolute atomic E-state index is 0.0216. The van der Waals surface area contributed by atoms with Gasteiger partial charge in [0.2, 0.25) is 0 Å². The van der Waals surface area contributed by atoms with Crippen molar-refractivity contribution in [1.82, 2.24) is 4.90 Å². The zero-order valence-electron chi connectivity index (χ0n) is 16.8. The highest BCUT2D eigenvalue weighted by Gasteiger charge is 2.41. The zero-order valence-corrected chi connectivity index (χ0v) is 16.8. The number of amides is 1. The first-order valence-corrected chi connectivity index (χ1v) is 9.25. The molecule has 30 heavy (non-hydrogen) atoms. The van der Waals surface area contributed by atoms with E-state index in [1.165, 1.54) is 43.4 Å². The highest BCUT2D eigenvalue weighted by molar-refractivity contribution is 6.08. The average molecular weight is 411 g/mol. The molecule has 1 aromatic carbocycles. The third-order valence-corrected chi connectivity index (χ3v) is 4.86. The maximum absolute atomic E-state index is 13.4. The molecular formula is C21H21N3O6. The summed E-state index contributed by atoms with van der Waals surface area (Å²) in [4.78, 5) is 42.0. The SMILES string of the molecule is COC(=O)C1=C(C)N=C(OC)N(C(=O)c2ccc([N+](=O)[O-])cc2)C1C1=CCCC=C1. The molecule has 1 heterocycles. The van der Waals surface area contributed by atoms with Crippen LogP contribution in [0.2, 0.25) is 0 Å². The summed E-state index contributed by atoms with van der Waals surface area (Å²) in [5.41, 5.74) is 1.41. The van der Waals surface area contributed by atoms with Crippen molar-refractivity contribution >= 4 is 23.6 Å². The summed E-state index contributed by atoms with van der Waals surface area (Å²) in [5, 5.41) is 10.9. The van der Waals surface area contributed by atoms with Crippen molar-refractivity contribution in [1.29, 1.82) is 0 Å². The van der Waals surface area contributed by atoms with Crippen molar-refractivity contribution in [3.05, 3.63) is 75.0 Å². The molecule has 1 aliphatic carbocycles. The van der Waals surface area contributed by atoms with E-state index < -0.39 is 22.8 Å². The highest BCUT2D eigenvalue weighted by Crippen LogP contribution is 2.32. The van der Waals surface area contributed by atoms with Gasteiger partial charge in [0.1, 0.15) is 6.04 Å². The smallest absolute Gasteiger partial charge is 0.338 e. The van der Waals surface area contributed by atoms with E-state index in [0.717, 1.165) is 18.4 Å². The number of carbonyl (C=O) groups is 2. The molecule has 1 atom stereocenters. The number of ether oxygens (including phenoxy) is 2. The van der Waals surface area contributed by atoms with E-state index in [1.807, 2.05) is 18.2 Å². The van der Waals surface area contributed by atoms with Crippen LogP contribution < -0.4 is 0 Å². The van der Waals surface area contributed by atoms with Gasteiger partial charge in [-0.2, -0.15) is 0 Å². The molecule has 2 aliphatic rings. The lowest BCUT2D eigenvalue weighted by atomic mass is 9.90. The lowest BCUT2D eigenvalue weighted by Crippen LogP contribution is -2.50. The van der Waals surface area contributed by atoms with Gasteiger partial charge in [-0.15, -0.1) is 0 Å². The second kappa shape index (κ2) is 8.73. The number of allylic oxidation sites excluding steroid dienone is 3. The van der Waals surface area contributed by atoms with Crippen molar-refractivity contribution in [3.63, 3.8) is 0 Å². The molecule has 0 N–H and O–H groups in total. The topological polar surface area (TPSA) is 111 Å². The van der Waals surface area contributed by atoms with Crippen LogP contribution >= 0.6 is 0 Å². The Morgan fingerprint density at radius 1 is 1.20 bits per heavy atom. The fourth-order valence-corrected chi connectivity index (χ4v) is 3.43. The number of hydrogen-bond donors (Lipinski definition) is 0. The number of non-ortho nitro benzene ring substituents is 1. The Balaban J connectivity index is 2.13. The van der Waals surface area contributed by atoms with Gasteiger partial charge in [0, 0.05) is 17.7 Å². The molecule has 156 valence electrons. The van der Waals surface area contributed by atoms with E-state index in [4.69, 9.17) is 9.47 Å². The summed E-state index contributed by atoms with van der Waals surface area (Å²) in [6, 6.07) is 4.44. The van der Waals surface area contributed by atoms with Gasteiger partial charge >= 0.3 is 5.97 Å². The standard InChI is InChI=1S/C21H21N3O6/c1-13-17(20(26)29-2)18(14-7-5-4-6-8-14)23(21(22-13)30-3)19(25)15-9-11-16(12-10-15)24(27)28/h5,7-12,18H,4,6H2,1-3H3. The Hall–Kier alpha value is -3.75. The number of esters is 1. The van der Waals surface area contributed by atoms with Gasteiger partial charge in [-0.05, 0) is 37.5 Å². The Kier molecular flexibility index (Phi) is 6.10. The van der Waals surface area contributed by atoms with Crippen LogP contribution in [0.5, 0.6) is 0 Å². The van der Waals surface area contributed by atoms with E-state index in [2.05, 4.69) is 4.99 Å². The van der Waals surface area contributed by atoms with Crippen LogP contribution in [-0.4, -0.2) is 48.0 Å². The van der Waals surface area contributed by atoms with Gasteiger partial charge in [0.25, 0.3) is 17.6 Å². The van der Waals surface area contributed by atoms with Gasteiger partial charge < -0.3 is 9.47 Å². The minimum atomic E-state index is -0.802. The Bertz CT molecular complexity index is 1000. The van der Waals surface area contributed by atoms with Crippen LogP contribution in [0.25, 0.3) is 0 Å². The Labute approximate surface area is 173 Å². The fraction of sp³-hybridized carbons (Fsp3) is 0.286. The number of aliphatic imine (C=N–C) groups is 1. The molecule has 0 saturated heterocycles. The van der Waals surface area contributed by atoms with Crippen molar-refractivity contribution < 1.29 is 24.0 Å². The number of hydrogen-bond acceptors (Lipinski definition) is 7. The van der Waals surface area contributed by atoms with Crippen LogP contribution in [0.3, 0.4) is 0 Å². The largest absolute Gasteiger partial charge is 0.468 e. The van der Waals surface area contributed by atoms with Crippen LogP contribution in [0.4, 0.5) is 5.69 Å². The van der Waals surface area contributed by atoms with E-state index >= 15 is 0 Å². The van der Waals surface area contributed by atoms with Gasteiger partial charge in [-0.1, -0.05) is 18.2 Å². The second-order valence-electron chi connectivity index (χ2n) is 6.65. The van der Waals surface area contributed by atoms with Crippen LogP contribution in [0.1, 0.15) is 30.1 Å². The van der Waals surface area contributed by atoms with Crippen molar-refractivity contribution in [3.8, 4) is 0 Å². The maximum atomic E-state index is 13.4. The number of benzene rings is 1. The summed E-state index contributed by atoms with van der Waals surface area (Å²) >= 11 is 0. The maximum Gasteiger partial charge on any atom is 0.338 e. The van der Waals surface area contributed by atoms with Gasteiger partial charge in [-0.3, -0.25) is 14.9 Å². The number of methoxy groups -OCH3 is 2. The lowest BCUT2D eigenvalue weighted by Gasteiger charge is -2.36. The molecule has 0 fully saturated rings. The molecule has 0 aromatic heterocycles. The predicted octanol–water partition coefficient (Wildman–Crippen LogP) is 3.15. The molecule has 0 bridgehead atoms. The van der Waals surface area contributed by atoms with Crippen molar-refractivity contribution in [2.45, 2.75) is 25.8 Å². The first kappa shape index (κ1) is 21.0. The van der Waals surface area contributed by atoms with Crippen LogP contribution in [-0.2, 0) is 14.3 Å². The molecule has 1 amide bonds. The van der Waals surface area contributed by atoms with Crippen LogP contribution in [0, 0.1) is 10.1 Å². The quantitative estimate of drug-likeness (QED) is 0.427. The minimum Gasteiger partial charge on any atom is -0.468 e. The Morgan fingerprint density at radius 2 is 1.90 bits per heavy atom. The zero-order chi connectivity index (χ0) is 21.8. The molecule has 9 heteroatoms. The normalized spacial score (nSPS) is 18.5. The Morgan fingerprint density at radius 3 is 2.43 bits per heavy atom. The van der Waals surface area contributed by atoms with Gasteiger partial charge in [0.15, 0.2) is 0 Å². The van der Waals surface area contributed by atoms with Crippen LogP contribution in [0.15, 0.2) is 64.3 Å². The summed E-state index contributed by atoms with van der Waals surface area (Å²) in [5.74, 6) is -1.11. The lowest BCUT2D eigenvalue weighted by molar-refractivity contribution is -0.384. The molecule has 0 spiro atoms. The third-order valence-electron chi connectivity index (χ3n) is 4.86. The number of nitro groups is 1. The summed E-state index contributed by atoms with van der Waals surface area (Å²) < 4.78 is 10.3. The third kappa shape index (κ3) is 3.86. The molecule has 1 aromatic rings. The first-order chi connectivity index (χ1) is 14.4. The molecular weight excluding hydrogens is 390 g/mol. The van der Waals surface area contributed by atoms with Crippen molar-refractivity contribution in [2.24, 2.45) is 4.99 Å². The summed E-state index contributed by atoms with van der Waals surface area (Å²) in [6.07, 6.45) is 7.39. The number of amidine groups is 1. The molecule has 3 rings (SSSR count). The van der Waals surface area contributed by atoms with E-state index in [-0.39, 0.29) is 22.8 Å². The molecule has 1 aliphatic heterocycles.